The highest BCUT2D eigenvalue weighted by molar-refractivity contribution is 5.96. The van der Waals surface area contributed by atoms with Crippen molar-refractivity contribution < 1.29 is 4.79 Å². The summed E-state index contributed by atoms with van der Waals surface area (Å²) in [5.41, 5.74) is 7.81. The molecule has 0 aliphatic rings. The third-order valence-electron chi connectivity index (χ3n) is 2.52. The maximum Gasteiger partial charge on any atom is 0.165 e. The SMILES string of the molecule is Cc1cncc(C(=O)CC(N)CC(C)(C)C)c1. The van der Waals surface area contributed by atoms with Crippen molar-refractivity contribution >= 4 is 5.78 Å². The number of ketones is 1. The van der Waals surface area contributed by atoms with Crippen molar-refractivity contribution in [2.75, 3.05) is 0 Å². The normalized spacial score (nSPS) is 13.5. The number of hydrogen-bond donors (Lipinski definition) is 1. The first-order chi connectivity index (χ1) is 7.78. The van der Waals surface area contributed by atoms with Gasteiger partial charge in [0.25, 0.3) is 0 Å². The Morgan fingerprint density at radius 3 is 2.59 bits per heavy atom. The van der Waals surface area contributed by atoms with E-state index >= 15 is 0 Å². The molecule has 0 spiro atoms. The Kier molecular flexibility index (Phi) is 4.40. The Balaban J connectivity index is 2.61. The van der Waals surface area contributed by atoms with E-state index in [0.717, 1.165) is 12.0 Å². The molecule has 0 bridgehead atoms. The fourth-order valence-electron chi connectivity index (χ4n) is 1.92. The number of aromatic nitrogens is 1. The Morgan fingerprint density at radius 2 is 2.06 bits per heavy atom. The summed E-state index contributed by atoms with van der Waals surface area (Å²) in [6.07, 6.45) is 4.59. The molecule has 1 unspecified atom stereocenters. The van der Waals surface area contributed by atoms with Crippen LogP contribution in [0.1, 0.15) is 49.5 Å². The Hall–Kier alpha value is -1.22. The van der Waals surface area contributed by atoms with Crippen molar-refractivity contribution in [2.24, 2.45) is 11.1 Å². The second-order valence-corrected chi connectivity index (χ2v) is 5.90. The summed E-state index contributed by atoms with van der Waals surface area (Å²) in [6.45, 7) is 8.32. The highest BCUT2D eigenvalue weighted by Gasteiger charge is 2.18. The minimum atomic E-state index is -0.0805. The van der Waals surface area contributed by atoms with Crippen molar-refractivity contribution in [1.82, 2.24) is 4.98 Å². The zero-order valence-electron chi connectivity index (χ0n) is 11.2. The molecule has 0 amide bonds. The Bertz CT molecular complexity index is 393. The van der Waals surface area contributed by atoms with E-state index in [4.69, 9.17) is 5.73 Å². The third kappa shape index (κ3) is 5.09. The average Bonchev–Trinajstić information content (AvgIpc) is 2.14. The quantitative estimate of drug-likeness (QED) is 0.815. The molecule has 0 aliphatic carbocycles. The molecule has 1 rings (SSSR count). The number of rotatable bonds is 4. The molecule has 94 valence electrons. The standard InChI is InChI=1S/C14H22N2O/c1-10-5-11(9-16-8-10)13(17)6-12(15)7-14(2,3)4/h5,8-9,12H,6-7,15H2,1-4H3. The molecule has 0 saturated heterocycles. The lowest BCUT2D eigenvalue weighted by atomic mass is 9.86. The van der Waals surface area contributed by atoms with Crippen LogP contribution in [-0.2, 0) is 0 Å². The summed E-state index contributed by atoms with van der Waals surface area (Å²) in [4.78, 5) is 16.0. The van der Waals surface area contributed by atoms with Crippen LogP contribution in [0.15, 0.2) is 18.5 Å². The van der Waals surface area contributed by atoms with Crippen molar-refractivity contribution in [3.05, 3.63) is 29.6 Å². The molecule has 0 fully saturated rings. The van der Waals surface area contributed by atoms with E-state index in [0.29, 0.717) is 12.0 Å². The van der Waals surface area contributed by atoms with Crippen LogP contribution >= 0.6 is 0 Å². The number of aryl methyl sites for hydroxylation is 1. The van der Waals surface area contributed by atoms with Crippen LogP contribution in [0.4, 0.5) is 0 Å². The van der Waals surface area contributed by atoms with Crippen molar-refractivity contribution in [2.45, 2.75) is 46.6 Å². The molecule has 2 N–H and O–H groups in total. The molecule has 0 aromatic carbocycles. The van der Waals surface area contributed by atoms with Crippen LogP contribution in [-0.4, -0.2) is 16.8 Å². The highest BCUT2D eigenvalue weighted by Crippen LogP contribution is 2.21. The third-order valence-corrected chi connectivity index (χ3v) is 2.52. The number of carbonyl (C=O) groups excluding carboxylic acids is 1. The molecule has 1 atom stereocenters. The number of nitrogens with zero attached hydrogens (tertiary/aromatic N) is 1. The summed E-state index contributed by atoms with van der Waals surface area (Å²) < 4.78 is 0. The molecule has 1 heterocycles. The maximum absolute atomic E-state index is 12.0. The smallest absolute Gasteiger partial charge is 0.165 e. The number of carbonyl (C=O) groups is 1. The Morgan fingerprint density at radius 1 is 1.41 bits per heavy atom. The van der Waals surface area contributed by atoms with Crippen LogP contribution in [0.3, 0.4) is 0 Å². The lowest BCUT2D eigenvalue weighted by Gasteiger charge is -2.22. The van der Waals surface area contributed by atoms with Crippen molar-refractivity contribution in [1.29, 1.82) is 0 Å². The maximum atomic E-state index is 12.0. The van der Waals surface area contributed by atoms with Gasteiger partial charge in [-0.2, -0.15) is 0 Å². The number of hydrogen-bond acceptors (Lipinski definition) is 3. The molecule has 0 radical (unpaired) electrons. The summed E-state index contributed by atoms with van der Waals surface area (Å²) in [5, 5.41) is 0. The largest absolute Gasteiger partial charge is 0.327 e. The zero-order valence-corrected chi connectivity index (χ0v) is 11.2. The second kappa shape index (κ2) is 5.41. The number of nitrogens with two attached hydrogens (primary N) is 1. The lowest BCUT2D eigenvalue weighted by Crippen LogP contribution is -2.29. The highest BCUT2D eigenvalue weighted by atomic mass is 16.1. The fraction of sp³-hybridized carbons (Fsp3) is 0.571. The van der Waals surface area contributed by atoms with E-state index in [2.05, 4.69) is 25.8 Å². The Labute approximate surface area is 103 Å². The fourth-order valence-corrected chi connectivity index (χ4v) is 1.92. The molecule has 0 saturated carbocycles. The van der Waals surface area contributed by atoms with E-state index in [-0.39, 0.29) is 17.2 Å². The van der Waals surface area contributed by atoms with Gasteiger partial charge in [0, 0.05) is 30.4 Å². The molecular formula is C14H22N2O. The predicted molar refractivity (Wildman–Crippen MR) is 70.0 cm³/mol. The van der Waals surface area contributed by atoms with Gasteiger partial charge in [-0.1, -0.05) is 20.8 Å². The predicted octanol–water partition coefficient (Wildman–Crippen LogP) is 2.73. The van der Waals surface area contributed by atoms with Gasteiger partial charge < -0.3 is 5.73 Å². The van der Waals surface area contributed by atoms with Gasteiger partial charge in [0.1, 0.15) is 0 Å². The topological polar surface area (TPSA) is 56.0 Å². The minimum Gasteiger partial charge on any atom is -0.327 e. The molecule has 1 aromatic heterocycles. The first kappa shape index (κ1) is 13.8. The van der Waals surface area contributed by atoms with E-state index in [1.54, 1.807) is 12.4 Å². The minimum absolute atomic E-state index is 0.0805. The second-order valence-electron chi connectivity index (χ2n) is 5.90. The van der Waals surface area contributed by atoms with Gasteiger partial charge >= 0.3 is 0 Å². The molecule has 17 heavy (non-hydrogen) atoms. The van der Waals surface area contributed by atoms with Gasteiger partial charge in [-0.05, 0) is 30.4 Å². The number of pyridine rings is 1. The van der Waals surface area contributed by atoms with E-state index in [1.807, 2.05) is 13.0 Å². The van der Waals surface area contributed by atoms with Crippen LogP contribution in [0, 0.1) is 12.3 Å². The molecule has 0 aliphatic heterocycles. The molecule has 3 heteroatoms. The van der Waals surface area contributed by atoms with Crippen LogP contribution < -0.4 is 5.73 Å². The average molecular weight is 234 g/mol. The summed E-state index contributed by atoms with van der Waals surface area (Å²) in [7, 11) is 0. The summed E-state index contributed by atoms with van der Waals surface area (Å²) >= 11 is 0. The molecular weight excluding hydrogens is 212 g/mol. The van der Waals surface area contributed by atoms with Gasteiger partial charge in [-0.3, -0.25) is 9.78 Å². The monoisotopic (exact) mass is 234 g/mol. The van der Waals surface area contributed by atoms with Gasteiger partial charge in [-0.25, -0.2) is 0 Å². The first-order valence-corrected chi connectivity index (χ1v) is 5.98. The summed E-state index contributed by atoms with van der Waals surface area (Å²) in [5.74, 6) is 0.0814. The van der Waals surface area contributed by atoms with Crippen LogP contribution in [0.25, 0.3) is 0 Å². The first-order valence-electron chi connectivity index (χ1n) is 5.98. The van der Waals surface area contributed by atoms with Gasteiger partial charge in [0.15, 0.2) is 5.78 Å². The van der Waals surface area contributed by atoms with Crippen molar-refractivity contribution in [3.63, 3.8) is 0 Å². The molecule has 1 aromatic rings. The van der Waals surface area contributed by atoms with Crippen LogP contribution in [0.2, 0.25) is 0 Å². The van der Waals surface area contributed by atoms with E-state index in [1.165, 1.54) is 0 Å². The molecule has 3 nitrogen and oxygen atoms in total. The van der Waals surface area contributed by atoms with E-state index in [9.17, 15) is 4.79 Å². The summed E-state index contributed by atoms with van der Waals surface area (Å²) in [6, 6.07) is 1.78. The van der Waals surface area contributed by atoms with Gasteiger partial charge in [0.05, 0.1) is 0 Å². The van der Waals surface area contributed by atoms with Gasteiger partial charge in [-0.15, -0.1) is 0 Å². The number of Topliss-reactive ketones (excluding diaryl/α,β-unsaturated/α-hetero) is 1. The van der Waals surface area contributed by atoms with E-state index < -0.39 is 0 Å². The van der Waals surface area contributed by atoms with Crippen LogP contribution in [0.5, 0.6) is 0 Å². The van der Waals surface area contributed by atoms with Gasteiger partial charge in [0.2, 0.25) is 0 Å². The van der Waals surface area contributed by atoms with Crippen molar-refractivity contribution in [3.8, 4) is 0 Å². The lowest BCUT2D eigenvalue weighted by molar-refractivity contribution is 0.0968. The zero-order chi connectivity index (χ0) is 13.1.